The summed E-state index contributed by atoms with van der Waals surface area (Å²) in [4.78, 5) is 13.9. The SMILES string of the molecule is CCCNC(=O)C(C)N1CCC(C#N)CC1. The Labute approximate surface area is 97.6 Å². The molecule has 1 heterocycles. The van der Waals surface area contributed by atoms with Crippen molar-refractivity contribution in [2.45, 2.75) is 39.2 Å². The Morgan fingerprint density at radius 1 is 1.56 bits per heavy atom. The molecule has 1 aliphatic heterocycles. The molecule has 1 unspecified atom stereocenters. The maximum Gasteiger partial charge on any atom is 0.237 e. The molecule has 0 aromatic heterocycles. The highest BCUT2D eigenvalue weighted by atomic mass is 16.2. The van der Waals surface area contributed by atoms with Crippen molar-refractivity contribution in [3.05, 3.63) is 0 Å². The van der Waals surface area contributed by atoms with Gasteiger partial charge in [-0.05, 0) is 26.2 Å². The van der Waals surface area contributed by atoms with Crippen LogP contribution in [0.5, 0.6) is 0 Å². The van der Waals surface area contributed by atoms with Crippen molar-refractivity contribution in [2.75, 3.05) is 19.6 Å². The van der Waals surface area contributed by atoms with Crippen LogP contribution < -0.4 is 5.32 Å². The molecule has 4 nitrogen and oxygen atoms in total. The van der Waals surface area contributed by atoms with Crippen LogP contribution in [0.2, 0.25) is 0 Å². The van der Waals surface area contributed by atoms with E-state index in [1.807, 2.05) is 13.8 Å². The fraction of sp³-hybridized carbons (Fsp3) is 0.833. The second-order valence-corrected chi connectivity index (χ2v) is 4.41. The Kier molecular flexibility index (Phi) is 5.27. The van der Waals surface area contributed by atoms with Gasteiger partial charge in [0.2, 0.25) is 5.91 Å². The van der Waals surface area contributed by atoms with Gasteiger partial charge in [-0.15, -0.1) is 0 Å². The van der Waals surface area contributed by atoms with Gasteiger partial charge in [0, 0.05) is 25.6 Å². The standard InChI is InChI=1S/C12H21N3O/c1-3-6-14-12(16)10(2)15-7-4-11(9-13)5-8-15/h10-11H,3-8H2,1-2H3,(H,14,16). The highest BCUT2D eigenvalue weighted by Gasteiger charge is 2.25. The monoisotopic (exact) mass is 223 g/mol. The molecule has 1 fully saturated rings. The van der Waals surface area contributed by atoms with E-state index in [1.54, 1.807) is 0 Å². The maximum absolute atomic E-state index is 11.7. The van der Waals surface area contributed by atoms with Crippen LogP contribution >= 0.6 is 0 Å². The third-order valence-corrected chi connectivity index (χ3v) is 3.19. The third-order valence-electron chi connectivity index (χ3n) is 3.19. The largest absolute Gasteiger partial charge is 0.355 e. The summed E-state index contributed by atoms with van der Waals surface area (Å²) < 4.78 is 0. The first-order valence-corrected chi connectivity index (χ1v) is 6.10. The Hall–Kier alpha value is -1.08. The summed E-state index contributed by atoms with van der Waals surface area (Å²) >= 11 is 0. The van der Waals surface area contributed by atoms with Crippen LogP contribution in [0.1, 0.15) is 33.1 Å². The van der Waals surface area contributed by atoms with Crippen LogP contribution in [0, 0.1) is 17.2 Å². The minimum absolute atomic E-state index is 0.0637. The highest BCUT2D eigenvalue weighted by molar-refractivity contribution is 5.81. The lowest BCUT2D eigenvalue weighted by Crippen LogP contribution is -2.48. The number of piperidine rings is 1. The van der Waals surface area contributed by atoms with Gasteiger partial charge < -0.3 is 5.32 Å². The van der Waals surface area contributed by atoms with Gasteiger partial charge in [-0.25, -0.2) is 0 Å². The van der Waals surface area contributed by atoms with Gasteiger partial charge in [0.1, 0.15) is 0 Å². The second-order valence-electron chi connectivity index (χ2n) is 4.41. The van der Waals surface area contributed by atoms with Gasteiger partial charge in [0.15, 0.2) is 0 Å². The van der Waals surface area contributed by atoms with Crippen molar-refractivity contribution in [2.24, 2.45) is 5.92 Å². The molecule has 0 aromatic rings. The van der Waals surface area contributed by atoms with Crippen molar-refractivity contribution in [1.29, 1.82) is 5.26 Å². The third kappa shape index (κ3) is 3.49. The molecule has 1 aliphatic rings. The first-order chi connectivity index (χ1) is 7.69. The number of likely N-dealkylation sites (tertiary alicyclic amines) is 1. The lowest BCUT2D eigenvalue weighted by atomic mass is 9.97. The summed E-state index contributed by atoms with van der Waals surface area (Å²) in [6.45, 7) is 6.46. The van der Waals surface area contributed by atoms with Crippen LogP contribution in [0.3, 0.4) is 0 Å². The average molecular weight is 223 g/mol. The smallest absolute Gasteiger partial charge is 0.237 e. The number of rotatable bonds is 4. The number of hydrogen-bond acceptors (Lipinski definition) is 3. The van der Waals surface area contributed by atoms with Crippen LogP contribution in [0.15, 0.2) is 0 Å². The molecular weight excluding hydrogens is 202 g/mol. The van der Waals surface area contributed by atoms with E-state index in [2.05, 4.69) is 16.3 Å². The minimum atomic E-state index is -0.0637. The molecule has 1 N–H and O–H groups in total. The molecular formula is C12H21N3O. The minimum Gasteiger partial charge on any atom is -0.355 e. The molecule has 0 aromatic carbocycles. The van der Waals surface area contributed by atoms with Crippen LogP contribution in [-0.2, 0) is 4.79 Å². The zero-order valence-corrected chi connectivity index (χ0v) is 10.2. The zero-order valence-electron chi connectivity index (χ0n) is 10.2. The summed E-state index contributed by atoms with van der Waals surface area (Å²) in [5.74, 6) is 0.291. The molecule has 0 spiro atoms. The Morgan fingerprint density at radius 2 is 2.19 bits per heavy atom. The van der Waals surface area contributed by atoms with Crippen LogP contribution in [-0.4, -0.2) is 36.5 Å². The summed E-state index contributed by atoms with van der Waals surface area (Å²) in [7, 11) is 0. The van der Waals surface area contributed by atoms with E-state index < -0.39 is 0 Å². The molecule has 90 valence electrons. The zero-order chi connectivity index (χ0) is 12.0. The first kappa shape index (κ1) is 13.0. The topological polar surface area (TPSA) is 56.1 Å². The van der Waals surface area contributed by atoms with Gasteiger partial charge in [-0.3, -0.25) is 9.69 Å². The van der Waals surface area contributed by atoms with Crippen molar-refractivity contribution < 1.29 is 4.79 Å². The van der Waals surface area contributed by atoms with E-state index in [9.17, 15) is 4.79 Å². The van der Waals surface area contributed by atoms with Crippen molar-refractivity contribution in [3.8, 4) is 6.07 Å². The summed E-state index contributed by atoms with van der Waals surface area (Å²) in [5.41, 5.74) is 0. The van der Waals surface area contributed by atoms with Gasteiger partial charge in [0.05, 0.1) is 12.1 Å². The Bertz CT molecular complexity index is 264. The predicted molar refractivity (Wildman–Crippen MR) is 62.7 cm³/mol. The molecule has 0 aliphatic carbocycles. The van der Waals surface area contributed by atoms with E-state index in [0.29, 0.717) is 0 Å². The fourth-order valence-corrected chi connectivity index (χ4v) is 1.98. The molecule has 0 saturated carbocycles. The van der Waals surface area contributed by atoms with E-state index in [0.717, 1.165) is 38.9 Å². The van der Waals surface area contributed by atoms with Crippen LogP contribution in [0.4, 0.5) is 0 Å². The average Bonchev–Trinajstić information content (AvgIpc) is 2.35. The van der Waals surface area contributed by atoms with E-state index in [4.69, 9.17) is 5.26 Å². The van der Waals surface area contributed by atoms with E-state index in [1.165, 1.54) is 0 Å². The molecule has 1 saturated heterocycles. The molecule has 1 rings (SSSR count). The number of nitrogens with one attached hydrogen (secondary N) is 1. The molecule has 0 radical (unpaired) electrons. The highest BCUT2D eigenvalue weighted by Crippen LogP contribution is 2.17. The molecule has 16 heavy (non-hydrogen) atoms. The maximum atomic E-state index is 11.7. The summed E-state index contributed by atoms with van der Waals surface area (Å²) in [6.07, 6.45) is 2.75. The first-order valence-electron chi connectivity index (χ1n) is 6.10. The van der Waals surface area contributed by atoms with Crippen molar-refractivity contribution >= 4 is 5.91 Å². The van der Waals surface area contributed by atoms with Crippen molar-refractivity contribution in [3.63, 3.8) is 0 Å². The normalized spacial score (nSPS) is 20.1. The summed E-state index contributed by atoms with van der Waals surface area (Å²) in [6, 6.07) is 2.24. The van der Waals surface area contributed by atoms with Gasteiger partial charge in [0.25, 0.3) is 0 Å². The van der Waals surface area contributed by atoms with Gasteiger partial charge >= 0.3 is 0 Å². The van der Waals surface area contributed by atoms with E-state index >= 15 is 0 Å². The Morgan fingerprint density at radius 3 is 2.69 bits per heavy atom. The Balaban J connectivity index is 2.35. The second kappa shape index (κ2) is 6.49. The van der Waals surface area contributed by atoms with Gasteiger partial charge in [-0.1, -0.05) is 6.92 Å². The lowest BCUT2D eigenvalue weighted by molar-refractivity contribution is -0.126. The molecule has 1 amide bonds. The number of carbonyl (C=O) groups excluding carboxylic acids is 1. The van der Waals surface area contributed by atoms with Gasteiger partial charge in [-0.2, -0.15) is 5.26 Å². The van der Waals surface area contributed by atoms with Crippen molar-refractivity contribution in [1.82, 2.24) is 10.2 Å². The van der Waals surface area contributed by atoms with E-state index in [-0.39, 0.29) is 17.9 Å². The summed E-state index contributed by atoms with van der Waals surface area (Å²) in [5, 5.41) is 11.7. The fourth-order valence-electron chi connectivity index (χ4n) is 1.98. The number of nitrogens with zero attached hydrogens (tertiary/aromatic N) is 2. The number of nitriles is 1. The molecule has 0 bridgehead atoms. The number of amides is 1. The lowest BCUT2D eigenvalue weighted by Gasteiger charge is -2.33. The predicted octanol–water partition coefficient (Wildman–Crippen LogP) is 1.14. The number of carbonyl (C=O) groups is 1. The number of hydrogen-bond donors (Lipinski definition) is 1. The van der Waals surface area contributed by atoms with Crippen LogP contribution in [0.25, 0.3) is 0 Å². The molecule has 1 atom stereocenters. The quantitative estimate of drug-likeness (QED) is 0.777. The molecule has 4 heteroatoms.